The molecule has 0 aliphatic carbocycles. The van der Waals surface area contributed by atoms with Crippen molar-refractivity contribution in [1.82, 2.24) is 4.90 Å². The molecule has 2 aromatic carbocycles. The number of sulfone groups is 1. The standard InChI is InChI=1S/C21H24ClNO5S/c1-5-23(6-2)11-14-8-16-12-29(25,26)18-10-15(21(24)27-4)7-13(3)19(18)28-20(16)17(22)9-14/h7-10H,5-6,11-12H2,1-4H3. The number of nitrogens with zero attached hydrogens (tertiary/aromatic N) is 1. The molecule has 0 aromatic heterocycles. The summed E-state index contributed by atoms with van der Waals surface area (Å²) in [5.74, 6) is -0.334. The second-order valence-electron chi connectivity index (χ2n) is 7.00. The summed E-state index contributed by atoms with van der Waals surface area (Å²) in [6.45, 7) is 8.25. The van der Waals surface area contributed by atoms with Crippen LogP contribution in [0.25, 0.3) is 0 Å². The lowest BCUT2D eigenvalue weighted by Gasteiger charge is -2.19. The van der Waals surface area contributed by atoms with Crippen molar-refractivity contribution in [3.05, 3.63) is 51.5 Å². The van der Waals surface area contributed by atoms with Gasteiger partial charge in [0.1, 0.15) is 16.4 Å². The molecular formula is C21H24ClNO5S. The maximum absolute atomic E-state index is 13.1. The van der Waals surface area contributed by atoms with Gasteiger partial charge in [-0.1, -0.05) is 25.4 Å². The third-order valence-corrected chi connectivity index (χ3v) is 6.97. The molecule has 0 fully saturated rings. The number of fused-ring (bicyclic) bond motifs is 2. The Morgan fingerprint density at radius 2 is 1.86 bits per heavy atom. The van der Waals surface area contributed by atoms with Crippen LogP contribution in [0.4, 0.5) is 0 Å². The Morgan fingerprint density at radius 1 is 1.17 bits per heavy atom. The molecule has 8 heteroatoms. The van der Waals surface area contributed by atoms with E-state index in [0.29, 0.717) is 28.4 Å². The molecule has 6 nitrogen and oxygen atoms in total. The molecule has 1 aliphatic rings. The van der Waals surface area contributed by atoms with Crippen molar-refractivity contribution in [3.8, 4) is 11.5 Å². The lowest BCUT2D eigenvalue weighted by molar-refractivity contribution is 0.0600. The van der Waals surface area contributed by atoms with E-state index in [0.717, 1.165) is 18.7 Å². The Labute approximate surface area is 176 Å². The number of methoxy groups -OCH3 is 1. The Hall–Kier alpha value is -2.09. The maximum Gasteiger partial charge on any atom is 0.337 e. The highest BCUT2D eigenvalue weighted by molar-refractivity contribution is 7.90. The van der Waals surface area contributed by atoms with Crippen LogP contribution in [0.15, 0.2) is 29.2 Å². The van der Waals surface area contributed by atoms with Crippen molar-refractivity contribution in [3.63, 3.8) is 0 Å². The van der Waals surface area contributed by atoms with Crippen LogP contribution in [0, 0.1) is 6.92 Å². The first-order valence-corrected chi connectivity index (χ1v) is 11.4. The van der Waals surface area contributed by atoms with E-state index in [1.807, 2.05) is 12.1 Å². The molecule has 2 aromatic rings. The fraction of sp³-hybridized carbons (Fsp3) is 0.381. The van der Waals surface area contributed by atoms with Crippen LogP contribution in [0.1, 0.15) is 40.9 Å². The Balaban J connectivity index is 2.12. The van der Waals surface area contributed by atoms with Crippen LogP contribution >= 0.6 is 11.6 Å². The first kappa shape index (κ1) is 21.6. The van der Waals surface area contributed by atoms with Gasteiger partial charge in [-0.15, -0.1) is 0 Å². The fourth-order valence-corrected chi connectivity index (χ4v) is 5.33. The number of aryl methyl sites for hydroxylation is 1. The van der Waals surface area contributed by atoms with Gasteiger partial charge in [-0.25, -0.2) is 13.2 Å². The summed E-state index contributed by atoms with van der Waals surface area (Å²) in [7, 11) is -2.51. The summed E-state index contributed by atoms with van der Waals surface area (Å²) in [6.07, 6.45) is 0. The molecule has 29 heavy (non-hydrogen) atoms. The van der Waals surface area contributed by atoms with Gasteiger partial charge in [-0.2, -0.15) is 0 Å². The highest BCUT2D eigenvalue weighted by atomic mass is 35.5. The van der Waals surface area contributed by atoms with E-state index in [1.165, 1.54) is 13.2 Å². The smallest absolute Gasteiger partial charge is 0.337 e. The minimum absolute atomic E-state index is 0.0320. The highest BCUT2D eigenvalue weighted by Crippen LogP contribution is 2.44. The molecule has 0 bridgehead atoms. The van der Waals surface area contributed by atoms with Crippen LogP contribution in [0.2, 0.25) is 5.02 Å². The molecule has 1 aliphatic heterocycles. The molecule has 0 N–H and O–H groups in total. The van der Waals surface area contributed by atoms with Crippen molar-refractivity contribution in [1.29, 1.82) is 0 Å². The zero-order valence-electron chi connectivity index (χ0n) is 16.9. The van der Waals surface area contributed by atoms with Gasteiger partial charge in [0.05, 0.1) is 23.4 Å². The van der Waals surface area contributed by atoms with E-state index in [4.69, 9.17) is 21.1 Å². The van der Waals surface area contributed by atoms with Crippen LogP contribution in [0.3, 0.4) is 0 Å². The summed E-state index contributed by atoms with van der Waals surface area (Å²) >= 11 is 6.49. The van der Waals surface area contributed by atoms with E-state index >= 15 is 0 Å². The molecule has 3 rings (SSSR count). The van der Waals surface area contributed by atoms with Crippen molar-refractivity contribution in [2.45, 2.75) is 38.0 Å². The summed E-state index contributed by atoms with van der Waals surface area (Å²) in [5, 5.41) is 0.365. The van der Waals surface area contributed by atoms with Gasteiger partial charge >= 0.3 is 5.97 Å². The number of carbonyl (C=O) groups excluding carboxylic acids is 1. The van der Waals surface area contributed by atoms with E-state index in [2.05, 4.69) is 18.7 Å². The first-order valence-electron chi connectivity index (χ1n) is 9.37. The van der Waals surface area contributed by atoms with E-state index in [9.17, 15) is 13.2 Å². The summed E-state index contributed by atoms with van der Waals surface area (Å²) < 4.78 is 37.0. The van der Waals surface area contributed by atoms with Crippen molar-refractivity contribution < 1.29 is 22.7 Å². The van der Waals surface area contributed by atoms with E-state index < -0.39 is 15.8 Å². The summed E-state index contributed by atoms with van der Waals surface area (Å²) in [5.41, 5.74) is 2.11. The largest absolute Gasteiger partial charge is 0.465 e. The number of benzene rings is 2. The molecule has 1 heterocycles. The maximum atomic E-state index is 13.1. The molecule has 0 amide bonds. The molecule has 156 valence electrons. The normalized spacial score (nSPS) is 14.6. The molecule has 0 radical (unpaired) electrons. The average Bonchev–Trinajstić information content (AvgIpc) is 2.79. The van der Waals surface area contributed by atoms with Crippen molar-refractivity contribution in [2.75, 3.05) is 20.2 Å². The van der Waals surface area contributed by atoms with Crippen LogP contribution in [-0.2, 0) is 26.9 Å². The zero-order valence-corrected chi connectivity index (χ0v) is 18.5. The number of esters is 1. The highest BCUT2D eigenvalue weighted by Gasteiger charge is 2.31. The number of halogens is 1. The summed E-state index contributed by atoms with van der Waals surface area (Å²) in [6, 6.07) is 6.50. The lowest BCUT2D eigenvalue weighted by Crippen LogP contribution is -2.22. The minimum Gasteiger partial charge on any atom is -0.465 e. The second kappa shape index (κ2) is 8.34. The van der Waals surface area contributed by atoms with E-state index in [-0.39, 0.29) is 22.0 Å². The van der Waals surface area contributed by atoms with Crippen LogP contribution < -0.4 is 4.74 Å². The van der Waals surface area contributed by atoms with Gasteiger partial charge in [-0.3, -0.25) is 4.90 Å². The predicted octanol–water partition coefficient (Wildman–Crippen LogP) is 4.36. The molecule has 0 saturated carbocycles. The van der Waals surface area contributed by atoms with Crippen LogP contribution in [-0.4, -0.2) is 39.5 Å². The fourth-order valence-electron chi connectivity index (χ4n) is 3.45. The van der Waals surface area contributed by atoms with Crippen molar-refractivity contribution >= 4 is 27.4 Å². The molecule has 0 atom stereocenters. The second-order valence-corrected chi connectivity index (χ2v) is 9.37. The van der Waals surface area contributed by atoms with Gasteiger partial charge in [0.25, 0.3) is 0 Å². The molecular weight excluding hydrogens is 414 g/mol. The topological polar surface area (TPSA) is 72.9 Å². The monoisotopic (exact) mass is 437 g/mol. The van der Waals surface area contributed by atoms with Crippen molar-refractivity contribution in [2.24, 2.45) is 0 Å². The van der Waals surface area contributed by atoms with Gasteiger partial charge in [0, 0.05) is 12.1 Å². The quantitative estimate of drug-likeness (QED) is 0.647. The number of rotatable bonds is 5. The number of hydrogen-bond acceptors (Lipinski definition) is 6. The number of ether oxygens (including phenoxy) is 2. The van der Waals surface area contributed by atoms with Gasteiger partial charge < -0.3 is 9.47 Å². The zero-order chi connectivity index (χ0) is 21.3. The van der Waals surface area contributed by atoms with Gasteiger partial charge in [0.2, 0.25) is 0 Å². The lowest BCUT2D eigenvalue weighted by atomic mass is 10.1. The Bertz CT molecular complexity index is 1060. The van der Waals surface area contributed by atoms with E-state index in [1.54, 1.807) is 13.0 Å². The third-order valence-electron chi connectivity index (χ3n) is 5.03. The number of hydrogen-bond donors (Lipinski definition) is 0. The molecule has 0 saturated heterocycles. The molecule has 0 spiro atoms. The van der Waals surface area contributed by atoms with Gasteiger partial charge in [-0.05, 0) is 55.4 Å². The first-order chi connectivity index (χ1) is 13.7. The van der Waals surface area contributed by atoms with Gasteiger partial charge in [0.15, 0.2) is 9.84 Å². The summed E-state index contributed by atoms with van der Waals surface area (Å²) in [4.78, 5) is 14.1. The third kappa shape index (κ3) is 4.27. The minimum atomic E-state index is -3.76. The SMILES string of the molecule is CCN(CC)Cc1cc(Cl)c2c(c1)CS(=O)(=O)c1cc(C(=O)OC)cc(C)c1O2. The van der Waals surface area contributed by atoms with Crippen LogP contribution in [0.5, 0.6) is 11.5 Å². The predicted molar refractivity (Wildman–Crippen MR) is 112 cm³/mol. The Kier molecular flexibility index (Phi) is 6.22. The Morgan fingerprint density at radius 3 is 2.48 bits per heavy atom. The number of carbonyl (C=O) groups is 1. The average molecular weight is 438 g/mol. The molecule has 0 unspecified atom stereocenters.